The number of rotatable bonds is 4. The van der Waals surface area contributed by atoms with Crippen LogP contribution in [-0.4, -0.2) is 19.3 Å². The molecule has 0 aliphatic rings. The summed E-state index contributed by atoms with van der Waals surface area (Å²) in [5, 5.41) is 0. The predicted octanol–water partition coefficient (Wildman–Crippen LogP) is 2.71. The number of carbonyl (C=O) groups excluding carboxylic acids is 1. The molecule has 0 heterocycles. The highest BCUT2D eigenvalue weighted by Crippen LogP contribution is 2.24. The summed E-state index contributed by atoms with van der Waals surface area (Å²) < 4.78 is 4.62. The Labute approximate surface area is 106 Å². The second kappa shape index (κ2) is 6.35. The van der Waals surface area contributed by atoms with Gasteiger partial charge in [-0.2, -0.15) is 11.8 Å². The van der Waals surface area contributed by atoms with Gasteiger partial charge in [-0.1, -0.05) is 6.07 Å². The number of anilines is 1. The Balaban J connectivity index is 3.11. The molecule has 0 unspecified atom stereocenters. The van der Waals surface area contributed by atoms with Gasteiger partial charge in [0.25, 0.3) is 0 Å². The van der Waals surface area contributed by atoms with Gasteiger partial charge < -0.3 is 10.5 Å². The lowest BCUT2D eigenvalue weighted by Crippen LogP contribution is -1.98. The summed E-state index contributed by atoms with van der Waals surface area (Å²) in [4.78, 5) is 11.2. The van der Waals surface area contributed by atoms with Crippen LogP contribution in [0.3, 0.4) is 0 Å². The number of nitrogens with two attached hydrogens (primary N) is 1. The molecule has 0 atom stereocenters. The van der Waals surface area contributed by atoms with Crippen LogP contribution in [0.25, 0.3) is 5.57 Å². The Morgan fingerprint density at radius 3 is 2.82 bits per heavy atom. The van der Waals surface area contributed by atoms with E-state index in [2.05, 4.69) is 4.74 Å². The van der Waals surface area contributed by atoms with E-state index in [0.717, 1.165) is 28.1 Å². The van der Waals surface area contributed by atoms with Gasteiger partial charge in [0, 0.05) is 17.5 Å². The van der Waals surface area contributed by atoms with E-state index in [1.165, 1.54) is 13.2 Å². The molecular formula is C13H17NO2S. The van der Waals surface area contributed by atoms with E-state index in [-0.39, 0.29) is 5.97 Å². The number of thioether (sulfide) groups is 1. The van der Waals surface area contributed by atoms with Crippen molar-refractivity contribution >= 4 is 29.0 Å². The Hall–Kier alpha value is -1.42. The number of ether oxygens (including phenoxy) is 1. The van der Waals surface area contributed by atoms with Crippen molar-refractivity contribution in [3.8, 4) is 0 Å². The quantitative estimate of drug-likeness (QED) is 0.508. The molecule has 1 aromatic rings. The first kappa shape index (κ1) is 13.6. The monoisotopic (exact) mass is 251 g/mol. The molecule has 0 aromatic heterocycles. The fraction of sp³-hybridized carbons (Fsp3) is 0.308. The maximum atomic E-state index is 11.2. The molecule has 0 radical (unpaired) electrons. The van der Waals surface area contributed by atoms with Crippen LogP contribution in [0.4, 0.5) is 5.69 Å². The molecule has 0 saturated heterocycles. The summed E-state index contributed by atoms with van der Waals surface area (Å²) in [6, 6.07) is 5.73. The Bertz CT molecular complexity index is 441. The molecule has 2 N–H and O–H groups in total. The molecule has 3 nitrogen and oxygen atoms in total. The largest absolute Gasteiger partial charge is 0.466 e. The lowest BCUT2D eigenvalue weighted by molar-refractivity contribution is -0.134. The highest BCUT2D eigenvalue weighted by Gasteiger charge is 2.06. The molecule has 1 rings (SSSR count). The maximum absolute atomic E-state index is 11.2. The van der Waals surface area contributed by atoms with Gasteiger partial charge in [-0.3, -0.25) is 0 Å². The van der Waals surface area contributed by atoms with Crippen LogP contribution in [-0.2, 0) is 15.3 Å². The third-order valence-corrected chi connectivity index (χ3v) is 2.99. The van der Waals surface area contributed by atoms with Gasteiger partial charge in [0.05, 0.1) is 7.11 Å². The summed E-state index contributed by atoms with van der Waals surface area (Å²) in [6.45, 7) is 1.90. The fourth-order valence-corrected chi connectivity index (χ4v) is 2.14. The van der Waals surface area contributed by atoms with Crippen molar-refractivity contribution in [1.82, 2.24) is 0 Å². The number of allylic oxidation sites excluding steroid dienone is 1. The molecule has 0 amide bonds. The Kier molecular flexibility index (Phi) is 5.10. The molecule has 0 bridgehead atoms. The fourth-order valence-electron chi connectivity index (χ4n) is 1.59. The number of methoxy groups -OCH3 is 1. The SMILES string of the molecule is COC(=O)/C=C(\C)c1ccc(N)cc1CSC. The van der Waals surface area contributed by atoms with E-state index in [0.29, 0.717) is 0 Å². The maximum Gasteiger partial charge on any atom is 0.330 e. The highest BCUT2D eigenvalue weighted by molar-refractivity contribution is 7.97. The molecule has 0 aliphatic heterocycles. The van der Waals surface area contributed by atoms with Crippen LogP contribution in [0.1, 0.15) is 18.1 Å². The molecule has 0 spiro atoms. The normalized spacial score (nSPS) is 11.4. The van der Waals surface area contributed by atoms with Crippen molar-refractivity contribution in [2.24, 2.45) is 0 Å². The zero-order valence-electron chi connectivity index (χ0n) is 10.3. The number of esters is 1. The van der Waals surface area contributed by atoms with Crippen LogP contribution in [0.5, 0.6) is 0 Å². The average molecular weight is 251 g/mol. The summed E-state index contributed by atoms with van der Waals surface area (Å²) >= 11 is 1.72. The van der Waals surface area contributed by atoms with Crippen LogP contribution in [0.15, 0.2) is 24.3 Å². The van der Waals surface area contributed by atoms with Gasteiger partial charge >= 0.3 is 5.97 Å². The second-order valence-electron chi connectivity index (χ2n) is 3.70. The van der Waals surface area contributed by atoms with E-state index in [1.807, 2.05) is 31.4 Å². The number of hydrogen-bond acceptors (Lipinski definition) is 4. The Morgan fingerprint density at radius 2 is 2.24 bits per heavy atom. The zero-order chi connectivity index (χ0) is 12.8. The van der Waals surface area contributed by atoms with Gasteiger partial charge in [-0.05, 0) is 42.0 Å². The van der Waals surface area contributed by atoms with Crippen molar-refractivity contribution in [3.63, 3.8) is 0 Å². The van der Waals surface area contributed by atoms with Gasteiger partial charge in [0.15, 0.2) is 0 Å². The zero-order valence-corrected chi connectivity index (χ0v) is 11.1. The van der Waals surface area contributed by atoms with Crippen LogP contribution in [0, 0.1) is 0 Å². The summed E-state index contributed by atoms with van der Waals surface area (Å²) in [7, 11) is 1.37. The van der Waals surface area contributed by atoms with Crippen LogP contribution >= 0.6 is 11.8 Å². The van der Waals surface area contributed by atoms with E-state index in [4.69, 9.17) is 5.73 Å². The minimum absolute atomic E-state index is 0.338. The molecule has 17 heavy (non-hydrogen) atoms. The van der Waals surface area contributed by atoms with Crippen LogP contribution in [0.2, 0.25) is 0 Å². The van der Waals surface area contributed by atoms with E-state index in [9.17, 15) is 4.79 Å². The van der Waals surface area contributed by atoms with E-state index in [1.54, 1.807) is 11.8 Å². The molecule has 4 heteroatoms. The molecule has 0 fully saturated rings. The van der Waals surface area contributed by atoms with Crippen LogP contribution < -0.4 is 5.73 Å². The Morgan fingerprint density at radius 1 is 1.53 bits per heavy atom. The van der Waals surface area contributed by atoms with Gasteiger partial charge in [0.2, 0.25) is 0 Å². The van der Waals surface area contributed by atoms with Gasteiger partial charge in [-0.15, -0.1) is 0 Å². The summed E-state index contributed by atoms with van der Waals surface area (Å²) in [6.07, 6.45) is 3.53. The minimum atomic E-state index is -0.338. The third kappa shape index (κ3) is 3.82. The topological polar surface area (TPSA) is 52.3 Å². The van der Waals surface area contributed by atoms with Gasteiger partial charge in [0.1, 0.15) is 0 Å². The smallest absolute Gasteiger partial charge is 0.330 e. The molecule has 1 aromatic carbocycles. The number of hydrogen-bond donors (Lipinski definition) is 1. The number of benzene rings is 1. The molecular weight excluding hydrogens is 234 g/mol. The standard InChI is InChI=1S/C13H17NO2S/c1-9(6-13(15)16-2)12-5-4-11(14)7-10(12)8-17-3/h4-7H,8,14H2,1-3H3/b9-6+. The lowest BCUT2D eigenvalue weighted by atomic mass is 10.0. The molecule has 0 aliphatic carbocycles. The van der Waals surface area contributed by atoms with Crippen molar-refractivity contribution in [2.75, 3.05) is 19.1 Å². The first-order chi connectivity index (χ1) is 8.08. The highest BCUT2D eigenvalue weighted by atomic mass is 32.2. The lowest BCUT2D eigenvalue weighted by Gasteiger charge is -2.10. The first-order valence-electron chi connectivity index (χ1n) is 5.22. The average Bonchev–Trinajstić information content (AvgIpc) is 2.29. The molecule has 0 saturated carbocycles. The van der Waals surface area contributed by atoms with Crippen molar-refractivity contribution in [2.45, 2.75) is 12.7 Å². The van der Waals surface area contributed by atoms with E-state index < -0.39 is 0 Å². The van der Waals surface area contributed by atoms with E-state index >= 15 is 0 Å². The number of nitrogen functional groups attached to an aromatic ring is 1. The van der Waals surface area contributed by atoms with Gasteiger partial charge in [-0.25, -0.2) is 4.79 Å². The second-order valence-corrected chi connectivity index (χ2v) is 4.57. The summed E-state index contributed by atoms with van der Waals surface area (Å²) in [5.41, 5.74) is 9.57. The minimum Gasteiger partial charge on any atom is -0.466 e. The van der Waals surface area contributed by atoms with Crippen molar-refractivity contribution < 1.29 is 9.53 Å². The third-order valence-electron chi connectivity index (χ3n) is 2.39. The molecule has 92 valence electrons. The van der Waals surface area contributed by atoms with Crippen molar-refractivity contribution in [3.05, 3.63) is 35.4 Å². The number of carbonyl (C=O) groups is 1. The summed E-state index contributed by atoms with van der Waals surface area (Å²) in [5.74, 6) is 0.529. The predicted molar refractivity (Wildman–Crippen MR) is 73.7 cm³/mol. The van der Waals surface area contributed by atoms with Crippen molar-refractivity contribution in [1.29, 1.82) is 0 Å². The first-order valence-corrected chi connectivity index (χ1v) is 6.61.